The van der Waals surface area contributed by atoms with Crippen LogP contribution in [-0.2, 0) is 9.53 Å². The van der Waals surface area contributed by atoms with E-state index in [1.54, 1.807) is 20.2 Å². The van der Waals surface area contributed by atoms with Gasteiger partial charge in [0.05, 0.1) is 19.4 Å². The quantitative estimate of drug-likeness (QED) is 0.414. The van der Waals surface area contributed by atoms with E-state index in [0.717, 1.165) is 29.0 Å². The zero-order chi connectivity index (χ0) is 18.1. The van der Waals surface area contributed by atoms with Crippen molar-refractivity contribution >= 4 is 23.9 Å². The lowest BCUT2D eigenvalue weighted by Crippen LogP contribution is -2.06. The molecule has 0 fully saturated rings. The first-order valence-corrected chi connectivity index (χ1v) is 8.26. The molecule has 0 heterocycles. The summed E-state index contributed by atoms with van der Waals surface area (Å²) in [6, 6.07) is 15.4. The molecule has 0 unspecified atom stereocenters. The Hall–Kier alpha value is -2.88. The van der Waals surface area contributed by atoms with Crippen molar-refractivity contribution in [3.63, 3.8) is 0 Å². The molecular formula is C21H23NO3. The van der Waals surface area contributed by atoms with Crippen LogP contribution in [0.15, 0.2) is 59.1 Å². The van der Waals surface area contributed by atoms with Gasteiger partial charge in [0.25, 0.3) is 0 Å². The maximum Gasteiger partial charge on any atom is 0.333 e. The van der Waals surface area contributed by atoms with E-state index in [4.69, 9.17) is 9.47 Å². The van der Waals surface area contributed by atoms with Gasteiger partial charge >= 0.3 is 5.97 Å². The summed E-state index contributed by atoms with van der Waals surface area (Å²) >= 11 is 0. The molecule has 2 aromatic rings. The minimum absolute atomic E-state index is 0.275. The fourth-order valence-corrected chi connectivity index (χ4v) is 2.11. The number of nitrogens with zero attached hydrogens (tertiary/aromatic N) is 1. The summed E-state index contributed by atoms with van der Waals surface area (Å²) in [6.45, 7) is 4.17. The van der Waals surface area contributed by atoms with E-state index in [0.29, 0.717) is 12.2 Å². The van der Waals surface area contributed by atoms with Crippen LogP contribution in [0.25, 0.3) is 6.08 Å². The minimum Gasteiger partial charge on any atom is -0.497 e. The van der Waals surface area contributed by atoms with Crippen LogP contribution in [0.5, 0.6) is 5.75 Å². The lowest BCUT2D eigenvalue weighted by Gasteiger charge is -2.03. The zero-order valence-electron chi connectivity index (χ0n) is 14.9. The number of rotatable bonds is 7. The van der Waals surface area contributed by atoms with E-state index >= 15 is 0 Å². The van der Waals surface area contributed by atoms with Crippen LogP contribution in [0.3, 0.4) is 0 Å². The second-order valence-corrected chi connectivity index (χ2v) is 5.59. The number of carbonyl (C=O) groups is 1. The Labute approximate surface area is 148 Å². The molecular weight excluding hydrogens is 314 g/mol. The Morgan fingerprint density at radius 1 is 1.04 bits per heavy atom. The van der Waals surface area contributed by atoms with Crippen LogP contribution in [0.1, 0.15) is 31.4 Å². The monoisotopic (exact) mass is 337 g/mol. The van der Waals surface area contributed by atoms with Crippen molar-refractivity contribution in [2.75, 3.05) is 13.7 Å². The topological polar surface area (TPSA) is 47.9 Å². The van der Waals surface area contributed by atoms with Crippen LogP contribution < -0.4 is 4.74 Å². The van der Waals surface area contributed by atoms with Gasteiger partial charge in [-0.05, 0) is 66.9 Å². The molecule has 4 heteroatoms. The summed E-state index contributed by atoms with van der Waals surface area (Å²) in [5.41, 5.74) is 3.37. The SMILES string of the molecule is CCCOC(=O)C(C)=Cc1ccc(N=Cc2ccc(OC)cc2)cc1. The summed E-state index contributed by atoms with van der Waals surface area (Å²) < 4.78 is 10.2. The van der Waals surface area contributed by atoms with Crippen molar-refractivity contribution < 1.29 is 14.3 Å². The molecule has 0 bridgehead atoms. The van der Waals surface area contributed by atoms with Crippen molar-refractivity contribution in [3.8, 4) is 5.75 Å². The highest BCUT2D eigenvalue weighted by Crippen LogP contribution is 2.16. The van der Waals surface area contributed by atoms with Crippen LogP contribution in [0, 0.1) is 0 Å². The smallest absolute Gasteiger partial charge is 0.333 e. The second-order valence-electron chi connectivity index (χ2n) is 5.59. The lowest BCUT2D eigenvalue weighted by molar-refractivity contribution is -0.138. The van der Waals surface area contributed by atoms with Crippen molar-refractivity contribution in [1.82, 2.24) is 0 Å². The van der Waals surface area contributed by atoms with Gasteiger partial charge in [-0.3, -0.25) is 4.99 Å². The number of hydrogen-bond acceptors (Lipinski definition) is 4. The van der Waals surface area contributed by atoms with Crippen molar-refractivity contribution in [1.29, 1.82) is 0 Å². The summed E-state index contributed by atoms with van der Waals surface area (Å²) in [7, 11) is 1.64. The van der Waals surface area contributed by atoms with Gasteiger partial charge in [-0.2, -0.15) is 0 Å². The molecule has 0 amide bonds. The summed E-state index contributed by atoms with van der Waals surface area (Å²) in [5.74, 6) is 0.546. The van der Waals surface area contributed by atoms with Gasteiger partial charge in [0.15, 0.2) is 0 Å². The molecule has 0 saturated heterocycles. The first-order valence-electron chi connectivity index (χ1n) is 8.26. The normalized spacial score (nSPS) is 11.6. The molecule has 0 spiro atoms. The van der Waals surface area contributed by atoms with E-state index < -0.39 is 0 Å². The third-order valence-corrected chi connectivity index (χ3v) is 3.51. The third kappa shape index (κ3) is 5.92. The van der Waals surface area contributed by atoms with Crippen molar-refractivity contribution in [2.24, 2.45) is 4.99 Å². The van der Waals surface area contributed by atoms with Crippen LogP contribution in [0.4, 0.5) is 5.69 Å². The predicted molar refractivity (Wildman–Crippen MR) is 102 cm³/mol. The molecule has 130 valence electrons. The summed E-state index contributed by atoms with van der Waals surface area (Å²) in [5, 5.41) is 0. The number of benzene rings is 2. The molecule has 0 radical (unpaired) electrons. The van der Waals surface area contributed by atoms with E-state index in [1.807, 2.05) is 61.5 Å². The Bertz CT molecular complexity index is 744. The van der Waals surface area contributed by atoms with E-state index in [9.17, 15) is 4.79 Å². The Morgan fingerprint density at radius 3 is 2.28 bits per heavy atom. The van der Waals surface area contributed by atoms with E-state index in [1.165, 1.54) is 0 Å². The maximum atomic E-state index is 11.8. The van der Waals surface area contributed by atoms with Gasteiger partial charge in [0.1, 0.15) is 5.75 Å². The Balaban J connectivity index is 2.01. The summed E-state index contributed by atoms with van der Waals surface area (Å²) in [6.07, 6.45) is 4.44. The highest BCUT2D eigenvalue weighted by molar-refractivity contribution is 5.93. The number of carbonyl (C=O) groups excluding carboxylic acids is 1. The molecule has 0 N–H and O–H groups in total. The van der Waals surface area contributed by atoms with Crippen molar-refractivity contribution in [3.05, 3.63) is 65.2 Å². The highest BCUT2D eigenvalue weighted by Gasteiger charge is 2.04. The number of ether oxygens (including phenoxy) is 2. The molecule has 0 aliphatic carbocycles. The zero-order valence-corrected chi connectivity index (χ0v) is 14.9. The molecule has 25 heavy (non-hydrogen) atoms. The number of methoxy groups -OCH3 is 1. The lowest BCUT2D eigenvalue weighted by atomic mass is 10.1. The van der Waals surface area contributed by atoms with Gasteiger partial charge < -0.3 is 9.47 Å². The number of aliphatic imine (C=N–C) groups is 1. The second kappa shape index (κ2) is 9.42. The Kier molecular flexibility index (Phi) is 6.96. The van der Waals surface area contributed by atoms with E-state index in [-0.39, 0.29) is 5.97 Å². The third-order valence-electron chi connectivity index (χ3n) is 3.51. The molecule has 0 saturated carbocycles. The Morgan fingerprint density at radius 2 is 1.68 bits per heavy atom. The molecule has 2 rings (SSSR count). The molecule has 0 aromatic heterocycles. The average molecular weight is 337 g/mol. The van der Waals surface area contributed by atoms with Gasteiger partial charge in [-0.15, -0.1) is 0 Å². The molecule has 4 nitrogen and oxygen atoms in total. The van der Waals surface area contributed by atoms with Crippen LogP contribution >= 0.6 is 0 Å². The van der Waals surface area contributed by atoms with Crippen LogP contribution in [0.2, 0.25) is 0 Å². The molecule has 0 aliphatic heterocycles. The highest BCUT2D eigenvalue weighted by atomic mass is 16.5. The first kappa shape index (κ1) is 18.5. The maximum absolute atomic E-state index is 11.8. The standard InChI is InChI=1S/C21H23NO3/c1-4-13-25-21(23)16(2)14-17-5-9-19(10-6-17)22-15-18-7-11-20(24-3)12-8-18/h5-12,14-15H,4,13H2,1-3H3. The first-order chi connectivity index (χ1) is 12.1. The van der Waals surface area contributed by atoms with Crippen molar-refractivity contribution in [2.45, 2.75) is 20.3 Å². The fraction of sp³-hybridized carbons (Fsp3) is 0.238. The largest absolute Gasteiger partial charge is 0.497 e. The average Bonchev–Trinajstić information content (AvgIpc) is 2.65. The fourth-order valence-electron chi connectivity index (χ4n) is 2.11. The number of hydrogen-bond donors (Lipinski definition) is 0. The van der Waals surface area contributed by atoms with Gasteiger partial charge in [0, 0.05) is 11.8 Å². The van der Waals surface area contributed by atoms with E-state index in [2.05, 4.69) is 4.99 Å². The molecule has 2 aromatic carbocycles. The summed E-state index contributed by atoms with van der Waals surface area (Å²) in [4.78, 5) is 16.2. The van der Waals surface area contributed by atoms with Gasteiger partial charge in [-0.25, -0.2) is 4.79 Å². The molecule has 0 atom stereocenters. The van der Waals surface area contributed by atoms with Crippen LogP contribution in [-0.4, -0.2) is 25.9 Å². The predicted octanol–water partition coefficient (Wildman–Crippen LogP) is 4.80. The number of esters is 1. The van der Waals surface area contributed by atoms with Gasteiger partial charge in [-0.1, -0.05) is 19.1 Å². The molecule has 0 aliphatic rings. The minimum atomic E-state index is -0.275. The van der Waals surface area contributed by atoms with Gasteiger partial charge in [0.2, 0.25) is 0 Å².